The van der Waals surface area contributed by atoms with Crippen molar-refractivity contribution in [2.24, 2.45) is 5.84 Å². The molecule has 1 unspecified atom stereocenters. The third-order valence-corrected chi connectivity index (χ3v) is 3.65. The zero-order chi connectivity index (χ0) is 14.5. The zero-order valence-electron chi connectivity index (χ0n) is 11.5. The van der Waals surface area contributed by atoms with E-state index in [4.69, 9.17) is 5.84 Å². The minimum Gasteiger partial charge on any atom is -0.363 e. The molecule has 2 rings (SSSR count). The Kier molecular flexibility index (Phi) is 4.70. The Bertz CT molecular complexity index is 481. The molecule has 1 aromatic rings. The van der Waals surface area contributed by atoms with Gasteiger partial charge in [0.2, 0.25) is 5.82 Å². The van der Waals surface area contributed by atoms with E-state index in [0.717, 1.165) is 13.0 Å². The number of nitrogens with one attached hydrogen (secondary N) is 2. The third-order valence-electron chi connectivity index (χ3n) is 3.65. The van der Waals surface area contributed by atoms with E-state index in [1.54, 1.807) is 0 Å². The SMILES string of the molecule is CN1CCCCC1CNc1nc(NN)ccc1[N+](=O)[O-]. The molecular weight excluding hydrogens is 260 g/mol. The van der Waals surface area contributed by atoms with E-state index in [9.17, 15) is 10.1 Å². The Balaban J connectivity index is 2.08. The van der Waals surface area contributed by atoms with Crippen LogP contribution >= 0.6 is 0 Å². The van der Waals surface area contributed by atoms with Gasteiger partial charge < -0.3 is 15.6 Å². The van der Waals surface area contributed by atoms with E-state index in [-0.39, 0.29) is 11.5 Å². The summed E-state index contributed by atoms with van der Waals surface area (Å²) in [4.78, 5) is 16.9. The van der Waals surface area contributed by atoms with Crippen LogP contribution in [0.3, 0.4) is 0 Å². The van der Waals surface area contributed by atoms with Crippen molar-refractivity contribution >= 4 is 17.3 Å². The second-order valence-corrected chi connectivity index (χ2v) is 4.98. The van der Waals surface area contributed by atoms with Crippen LogP contribution in [0.15, 0.2) is 12.1 Å². The van der Waals surface area contributed by atoms with Crippen LogP contribution in [0.4, 0.5) is 17.3 Å². The van der Waals surface area contributed by atoms with Crippen molar-refractivity contribution < 1.29 is 4.92 Å². The van der Waals surface area contributed by atoms with Crippen molar-refractivity contribution in [3.63, 3.8) is 0 Å². The van der Waals surface area contributed by atoms with E-state index in [1.807, 2.05) is 0 Å². The van der Waals surface area contributed by atoms with Crippen molar-refractivity contribution in [1.82, 2.24) is 9.88 Å². The summed E-state index contributed by atoms with van der Waals surface area (Å²) < 4.78 is 0. The van der Waals surface area contributed by atoms with Crippen LogP contribution < -0.4 is 16.6 Å². The van der Waals surface area contributed by atoms with Gasteiger partial charge in [0, 0.05) is 18.7 Å². The summed E-state index contributed by atoms with van der Waals surface area (Å²) in [7, 11) is 2.07. The molecule has 8 nitrogen and oxygen atoms in total. The summed E-state index contributed by atoms with van der Waals surface area (Å²) in [6.45, 7) is 1.70. The van der Waals surface area contributed by atoms with Gasteiger partial charge in [-0.2, -0.15) is 0 Å². The highest BCUT2D eigenvalue weighted by Crippen LogP contribution is 2.24. The number of anilines is 2. The summed E-state index contributed by atoms with van der Waals surface area (Å²) in [6.07, 6.45) is 3.49. The molecule has 8 heteroatoms. The highest BCUT2D eigenvalue weighted by atomic mass is 16.6. The largest absolute Gasteiger partial charge is 0.363 e. The van der Waals surface area contributed by atoms with Gasteiger partial charge in [-0.05, 0) is 32.5 Å². The summed E-state index contributed by atoms with van der Waals surface area (Å²) in [5.74, 6) is 5.94. The van der Waals surface area contributed by atoms with Crippen LogP contribution in [-0.4, -0.2) is 41.0 Å². The first-order valence-corrected chi connectivity index (χ1v) is 6.68. The molecule has 110 valence electrons. The van der Waals surface area contributed by atoms with Gasteiger partial charge in [0.25, 0.3) is 0 Å². The molecule has 0 aromatic carbocycles. The minimum atomic E-state index is -0.444. The van der Waals surface area contributed by atoms with E-state index in [0.29, 0.717) is 18.4 Å². The summed E-state index contributed by atoms with van der Waals surface area (Å²) in [5, 5.41) is 14.1. The quantitative estimate of drug-likeness (QED) is 0.422. The standard InChI is InChI=1S/C12H20N6O2/c1-17-7-3-2-4-9(17)8-14-12-10(18(19)20)5-6-11(15-12)16-13/h5-6,9H,2-4,7-8,13H2,1H3,(H2,14,15,16). The third kappa shape index (κ3) is 3.34. The second kappa shape index (κ2) is 6.49. The lowest BCUT2D eigenvalue weighted by Gasteiger charge is -2.32. The molecule has 1 saturated heterocycles. The first-order valence-electron chi connectivity index (χ1n) is 6.68. The molecule has 1 aliphatic rings. The van der Waals surface area contributed by atoms with E-state index in [2.05, 4.69) is 27.7 Å². The Morgan fingerprint density at radius 3 is 3.00 bits per heavy atom. The average Bonchev–Trinajstić information content (AvgIpc) is 2.46. The first kappa shape index (κ1) is 14.5. The fourth-order valence-corrected chi connectivity index (χ4v) is 2.43. The molecular formula is C12H20N6O2. The number of piperidine rings is 1. The van der Waals surface area contributed by atoms with Gasteiger partial charge in [-0.25, -0.2) is 10.8 Å². The van der Waals surface area contributed by atoms with E-state index >= 15 is 0 Å². The van der Waals surface area contributed by atoms with Crippen molar-refractivity contribution in [2.45, 2.75) is 25.3 Å². The molecule has 0 bridgehead atoms. The number of pyridine rings is 1. The number of nitrogens with two attached hydrogens (primary N) is 1. The molecule has 0 spiro atoms. The number of nitrogens with zero attached hydrogens (tertiary/aromatic N) is 3. The number of hydrazine groups is 1. The number of hydrogen-bond acceptors (Lipinski definition) is 7. The molecule has 1 aromatic heterocycles. The molecule has 0 radical (unpaired) electrons. The molecule has 1 aliphatic heterocycles. The van der Waals surface area contributed by atoms with Gasteiger partial charge in [-0.1, -0.05) is 6.42 Å². The number of nitrogen functional groups attached to an aromatic ring is 1. The highest BCUT2D eigenvalue weighted by molar-refractivity contribution is 5.60. The lowest BCUT2D eigenvalue weighted by atomic mass is 10.0. The highest BCUT2D eigenvalue weighted by Gasteiger charge is 2.21. The van der Waals surface area contributed by atoms with Crippen LogP contribution in [-0.2, 0) is 0 Å². The average molecular weight is 280 g/mol. The normalized spacial score (nSPS) is 19.6. The maximum atomic E-state index is 11.0. The summed E-state index contributed by atoms with van der Waals surface area (Å²) in [6, 6.07) is 3.25. The van der Waals surface area contributed by atoms with E-state index in [1.165, 1.54) is 25.0 Å². The topological polar surface area (TPSA) is 109 Å². The van der Waals surface area contributed by atoms with Crippen LogP contribution in [0.25, 0.3) is 0 Å². The van der Waals surface area contributed by atoms with Gasteiger partial charge in [-0.15, -0.1) is 0 Å². The molecule has 1 fully saturated rings. The molecule has 0 saturated carbocycles. The monoisotopic (exact) mass is 280 g/mol. The molecule has 4 N–H and O–H groups in total. The van der Waals surface area contributed by atoms with Gasteiger partial charge in [0.15, 0.2) is 0 Å². The summed E-state index contributed by atoms with van der Waals surface area (Å²) in [5.41, 5.74) is 2.36. The van der Waals surface area contributed by atoms with Crippen LogP contribution in [0, 0.1) is 10.1 Å². The summed E-state index contributed by atoms with van der Waals surface area (Å²) >= 11 is 0. The lowest BCUT2D eigenvalue weighted by Crippen LogP contribution is -2.40. The smallest absolute Gasteiger partial charge is 0.311 e. The fourth-order valence-electron chi connectivity index (χ4n) is 2.43. The molecule has 2 heterocycles. The second-order valence-electron chi connectivity index (χ2n) is 4.98. The maximum absolute atomic E-state index is 11.0. The minimum absolute atomic E-state index is 0.0394. The zero-order valence-corrected chi connectivity index (χ0v) is 11.5. The number of likely N-dealkylation sites (N-methyl/N-ethyl adjacent to an activating group) is 1. The molecule has 0 aliphatic carbocycles. The van der Waals surface area contributed by atoms with Crippen molar-refractivity contribution in [3.8, 4) is 0 Å². The predicted octanol–water partition coefficient (Wildman–Crippen LogP) is 1.17. The number of hydrogen-bond donors (Lipinski definition) is 3. The maximum Gasteiger partial charge on any atom is 0.311 e. The van der Waals surface area contributed by atoms with Gasteiger partial charge >= 0.3 is 5.69 Å². The number of likely N-dealkylation sites (tertiary alicyclic amines) is 1. The predicted molar refractivity (Wildman–Crippen MR) is 77.5 cm³/mol. The molecule has 1 atom stereocenters. The van der Waals surface area contributed by atoms with Crippen LogP contribution in [0.1, 0.15) is 19.3 Å². The van der Waals surface area contributed by atoms with Crippen LogP contribution in [0.2, 0.25) is 0 Å². The Morgan fingerprint density at radius 2 is 2.35 bits per heavy atom. The van der Waals surface area contributed by atoms with Crippen LogP contribution in [0.5, 0.6) is 0 Å². The van der Waals surface area contributed by atoms with Gasteiger partial charge in [0.05, 0.1) is 4.92 Å². The van der Waals surface area contributed by atoms with Crippen molar-refractivity contribution in [3.05, 3.63) is 22.2 Å². The first-order chi connectivity index (χ1) is 9.61. The fraction of sp³-hybridized carbons (Fsp3) is 0.583. The number of aromatic nitrogens is 1. The Hall–Kier alpha value is -1.93. The Labute approximate surface area is 117 Å². The van der Waals surface area contributed by atoms with Gasteiger partial charge in [-0.3, -0.25) is 10.1 Å². The van der Waals surface area contributed by atoms with Gasteiger partial charge in [0.1, 0.15) is 5.82 Å². The number of rotatable bonds is 5. The Morgan fingerprint density at radius 1 is 1.55 bits per heavy atom. The van der Waals surface area contributed by atoms with Crippen molar-refractivity contribution in [2.75, 3.05) is 30.9 Å². The molecule has 20 heavy (non-hydrogen) atoms. The molecule has 0 amide bonds. The van der Waals surface area contributed by atoms with Crippen molar-refractivity contribution in [1.29, 1.82) is 0 Å². The van der Waals surface area contributed by atoms with E-state index < -0.39 is 4.92 Å². The number of nitro groups is 1. The lowest BCUT2D eigenvalue weighted by molar-refractivity contribution is -0.384.